The number of benzene rings is 1. The van der Waals surface area contributed by atoms with Crippen LogP contribution in [0.15, 0.2) is 36.0 Å². The lowest BCUT2D eigenvalue weighted by molar-refractivity contribution is -0.113. The molecule has 0 aliphatic heterocycles. The molecule has 10 heteroatoms. The number of methoxy groups -OCH3 is 1. The van der Waals surface area contributed by atoms with Crippen LogP contribution in [-0.2, 0) is 28.9 Å². The Morgan fingerprint density at radius 3 is 2.81 bits per heavy atom. The predicted molar refractivity (Wildman–Crippen MR) is 147 cm³/mol. The Morgan fingerprint density at radius 2 is 2.05 bits per heavy atom. The summed E-state index contributed by atoms with van der Waals surface area (Å²) in [6.07, 6.45) is 5.28. The molecule has 1 amide bonds. The molecule has 0 fully saturated rings. The number of aryl methyl sites for hydroxylation is 2. The Bertz CT molecular complexity index is 1310. The molecule has 1 aliphatic carbocycles. The number of amides is 1. The first-order valence-electron chi connectivity index (χ1n) is 12.3. The van der Waals surface area contributed by atoms with E-state index in [1.165, 1.54) is 30.2 Å². The van der Waals surface area contributed by atoms with Gasteiger partial charge in [0.15, 0.2) is 17.1 Å². The molecular formula is C27H32N4O4S2. The summed E-state index contributed by atoms with van der Waals surface area (Å²) in [5.74, 6) is 0.945. The zero-order valence-corrected chi connectivity index (χ0v) is 23.3. The smallest absolute Gasteiger partial charge is 0.341 e. The Morgan fingerprint density at radius 1 is 1.27 bits per heavy atom. The summed E-state index contributed by atoms with van der Waals surface area (Å²) in [6.45, 7) is 10.3. The molecule has 2 heterocycles. The van der Waals surface area contributed by atoms with Crippen molar-refractivity contribution in [1.82, 2.24) is 14.8 Å². The normalized spacial score (nSPS) is 13.5. The zero-order valence-electron chi connectivity index (χ0n) is 21.6. The number of thiophene rings is 1. The number of carbonyl (C=O) groups is 2. The highest BCUT2D eigenvalue weighted by Gasteiger charge is 2.27. The maximum absolute atomic E-state index is 12.9. The highest BCUT2D eigenvalue weighted by molar-refractivity contribution is 7.99. The molecule has 1 aliphatic rings. The summed E-state index contributed by atoms with van der Waals surface area (Å²) in [4.78, 5) is 26.5. The average Bonchev–Trinajstić information content (AvgIpc) is 3.46. The summed E-state index contributed by atoms with van der Waals surface area (Å²) >= 11 is 2.75. The minimum absolute atomic E-state index is 0.116. The molecule has 2 aromatic heterocycles. The molecule has 0 saturated heterocycles. The number of allylic oxidation sites excluding steroid dienone is 1. The third kappa shape index (κ3) is 5.91. The molecule has 1 N–H and O–H groups in total. The average molecular weight is 541 g/mol. The molecule has 1 unspecified atom stereocenters. The molecule has 8 nitrogen and oxygen atoms in total. The molecule has 0 bridgehead atoms. The lowest BCUT2D eigenvalue weighted by atomic mass is 9.95. The van der Waals surface area contributed by atoms with Crippen LogP contribution < -0.4 is 10.1 Å². The topological polar surface area (TPSA) is 95.3 Å². The van der Waals surface area contributed by atoms with Crippen LogP contribution in [0.2, 0.25) is 0 Å². The van der Waals surface area contributed by atoms with Crippen LogP contribution in [0.5, 0.6) is 5.75 Å². The first-order chi connectivity index (χ1) is 17.8. The maximum atomic E-state index is 12.9. The van der Waals surface area contributed by atoms with Crippen molar-refractivity contribution in [2.24, 2.45) is 0 Å². The van der Waals surface area contributed by atoms with Crippen LogP contribution in [-0.4, -0.2) is 39.5 Å². The van der Waals surface area contributed by atoms with Crippen molar-refractivity contribution < 1.29 is 19.1 Å². The van der Waals surface area contributed by atoms with E-state index in [1.54, 1.807) is 6.08 Å². The van der Waals surface area contributed by atoms with Crippen molar-refractivity contribution in [3.63, 3.8) is 0 Å². The Balaban J connectivity index is 1.47. The van der Waals surface area contributed by atoms with Gasteiger partial charge in [-0.25, -0.2) is 4.79 Å². The minimum Gasteiger partial charge on any atom is -0.482 e. The van der Waals surface area contributed by atoms with Crippen molar-refractivity contribution in [3.8, 4) is 5.75 Å². The number of ether oxygens (including phenoxy) is 2. The summed E-state index contributed by atoms with van der Waals surface area (Å²) in [7, 11) is 1.37. The van der Waals surface area contributed by atoms with E-state index in [-0.39, 0.29) is 17.8 Å². The summed E-state index contributed by atoms with van der Waals surface area (Å²) in [5, 5.41) is 12.8. The Kier molecular flexibility index (Phi) is 8.71. The maximum Gasteiger partial charge on any atom is 0.341 e. The van der Waals surface area contributed by atoms with Crippen molar-refractivity contribution in [2.75, 3.05) is 18.2 Å². The third-order valence-electron chi connectivity index (χ3n) is 6.43. The molecular weight excluding hydrogens is 508 g/mol. The van der Waals surface area contributed by atoms with Gasteiger partial charge < -0.3 is 14.8 Å². The van der Waals surface area contributed by atoms with Gasteiger partial charge in [0.05, 0.1) is 18.4 Å². The monoisotopic (exact) mass is 540 g/mol. The van der Waals surface area contributed by atoms with Gasteiger partial charge in [-0.1, -0.05) is 30.0 Å². The van der Waals surface area contributed by atoms with Crippen LogP contribution in [0.25, 0.3) is 0 Å². The predicted octanol–water partition coefficient (Wildman–Crippen LogP) is 5.68. The van der Waals surface area contributed by atoms with Gasteiger partial charge in [-0.05, 0) is 69.2 Å². The number of aromatic nitrogens is 3. The molecule has 3 aromatic rings. The number of anilines is 1. The highest BCUT2D eigenvalue weighted by atomic mass is 32.2. The van der Waals surface area contributed by atoms with Gasteiger partial charge >= 0.3 is 5.97 Å². The number of rotatable bonds is 10. The summed E-state index contributed by atoms with van der Waals surface area (Å²) < 4.78 is 13.1. The fraction of sp³-hybridized carbons (Fsp3) is 0.407. The van der Waals surface area contributed by atoms with E-state index in [1.807, 2.05) is 43.5 Å². The molecule has 4 rings (SSSR count). The van der Waals surface area contributed by atoms with Crippen LogP contribution in [0.1, 0.15) is 63.6 Å². The zero-order chi connectivity index (χ0) is 26.5. The lowest BCUT2D eigenvalue weighted by Gasteiger charge is -2.18. The second-order valence-electron chi connectivity index (χ2n) is 8.94. The number of nitrogens with one attached hydrogen (secondary N) is 1. The molecule has 1 atom stereocenters. The standard InChI is InChI=1S/C27H32N4O4S2/c1-6-14-31-24(18(4)35-20-12-9-10-16(2)17(20)3)29-30-27(31)36-15-22(32)28-25-23(26(33)34-5)19-11-7-8-13-21(19)37-25/h6,9-10,12,18H,1,7-8,11,13-15H2,2-5H3,(H,28,32). The van der Waals surface area contributed by atoms with Gasteiger partial charge in [0.2, 0.25) is 5.91 Å². The van der Waals surface area contributed by atoms with E-state index in [9.17, 15) is 9.59 Å². The second-order valence-corrected chi connectivity index (χ2v) is 11.0. The SMILES string of the molecule is C=CCn1c(SCC(=O)Nc2sc3c(c2C(=O)OC)CCCC3)nnc1C(C)Oc1cccc(C)c1C. The highest BCUT2D eigenvalue weighted by Crippen LogP contribution is 2.38. The third-order valence-corrected chi connectivity index (χ3v) is 8.60. The minimum atomic E-state index is -0.407. The van der Waals surface area contributed by atoms with Crippen LogP contribution in [0.4, 0.5) is 5.00 Å². The van der Waals surface area contributed by atoms with Gasteiger partial charge in [0.25, 0.3) is 0 Å². The van der Waals surface area contributed by atoms with E-state index in [2.05, 4.69) is 22.1 Å². The number of hydrogen-bond donors (Lipinski definition) is 1. The van der Waals surface area contributed by atoms with E-state index in [0.29, 0.717) is 28.1 Å². The van der Waals surface area contributed by atoms with E-state index < -0.39 is 5.97 Å². The van der Waals surface area contributed by atoms with E-state index >= 15 is 0 Å². The van der Waals surface area contributed by atoms with Crippen molar-refractivity contribution in [1.29, 1.82) is 0 Å². The van der Waals surface area contributed by atoms with E-state index in [4.69, 9.17) is 9.47 Å². The Hall–Kier alpha value is -3.11. The van der Waals surface area contributed by atoms with Gasteiger partial charge in [0, 0.05) is 11.4 Å². The number of carbonyl (C=O) groups excluding carboxylic acids is 2. The van der Waals surface area contributed by atoms with Gasteiger partial charge in [0.1, 0.15) is 10.8 Å². The molecule has 0 radical (unpaired) electrons. The fourth-order valence-corrected chi connectivity index (χ4v) is 6.42. The number of nitrogens with zero attached hydrogens (tertiary/aromatic N) is 3. The number of fused-ring (bicyclic) bond motifs is 1. The first-order valence-corrected chi connectivity index (χ1v) is 14.1. The lowest BCUT2D eigenvalue weighted by Crippen LogP contribution is -2.17. The molecule has 0 spiro atoms. The first kappa shape index (κ1) is 26.9. The van der Waals surface area contributed by atoms with Crippen LogP contribution in [0, 0.1) is 13.8 Å². The molecule has 0 saturated carbocycles. The van der Waals surface area contributed by atoms with Crippen LogP contribution >= 0.6 is 23.1 Å². The summed E-state index contributed by atoms with van der Waals surface area (Å²) in [5.41, 5.74) is 3.74. The van der Waals surface area contributed by atoms with Gasteiger partial charge in [-0.15, -0.1) is 28.1 Å². The Labute approximate surface area is 225 Å². The number of thioether (sulfide) groups is 1. The molecule has 37 heavy (non-hydrogen) atoms. The van der Waals surface area contributed by atoms with Crippen molar-refractivity contribution in [3.05, 3.63) is 63.8 Å². The van der Waals surface area contributed by atoms with Crippen LogP contribution in [0.3, 0.4) is 0 Å². The quantitative estimate of drug-likeness (QED) is 0.201. The fourth-order valence-electron chi connectivity index (χ4n) is 4.37. The summed E-state index contributed by atoms with van der Waals surface area (Å²) in [6, 6.07) is 5.96. The number of esters is 1. The second kappa shape index (κ2) is 12.0. The number of hydrogen-bond acceptors (Lipinski definition) is 8. The van der Waals surface area contributed by atoms with Gasteiger partial charge in [-0.2, -0.15) is 0 Å². The van der Waals surface area contributed by atoms with Crippen molar-refractivity contribution >= 4 is 40.0 Å². The molecule has 1 aromatic carbocycles. The van der Waals surface area contributed by atoms with Gasteiger partial charge in [-0.3, -0.25) is 9.36 Å². The van der Waals surface area contributed by atoms with Crippen molar-refractivity contribution in [2.45, 2.75) is 64.3 Å². The van der Waals surface area contributed by atoms with E-state index in [0.717, 1.165) is 53.0 Å². The molecule has 196 valence electrons. The largest absolute Gasteiger partial charge is 0.482 e.